The first kappa shape index (κ1) is 15.8. The zero-order valence-electron chi connectivity index (χ0n) is 11.3. The molecular weight excluding hydrogens is 262 g/mol. The number of hydrogen-bond donors (Lipinski definition) is 2. The molecule has 2 atom stereocenters. The predicted molar refractivity (Wildman–Crippen MR) is 79.4 cm³/mol. The van der Waals surface area contributed by atoms with E-state index in [-0.39, 0.29) is 18.3 Å². The van der Waals surface area contributed by atoms with Crippen LogP contribution < -0.4 is 11.1 Å². The Morgan fingerprint density at radius 2 is 2.11 bits per heavy atom. The number of aromatic nitrogens is 1. The average molecular weight is 284 g/mol. The summed E-state index contributed by atoms with van der Waals surface area (Å²) in [6, 6.07) is 3.67. The number of carbonyl (C=O) groups is 1. The molecule has 0 spiro atoms. The molecule has 4 nitrogen and oxygen atoms in total. The monoisotopic (exact) mass is 283 g/mol. The van der Waals surface area contributed by atoms with Crippen LogP contribution in [0, 0.1) is 5.92 Å². The predicted octanol–water partition coefficient (Wildman–Crippen LogP) is 2.78. The zero-order chi connectivity index (χ0) is 13.0. The Kier molecular flexibility index (Phi) is 6.09. The highest BCUT2D eigenvalue weighted by molar-refractivity contribution is 5.92. The summed E-state index contributed by atoms with van der Waals surface area (Å²) < 4.78 is 0. The lowest BCUT2D eigenvalue weighted by Crippen LogP contribution is -2.34. The van der Waals surface area contributed by atoms with Crippen molar-refractivity contribution in [2.75, 3.05) is 5.73 Å². The summed E-state index contributed by atoms with van der Waals surface area (Å²) in [6.45, 7) is 2.28. The van der Waals surface area contributed by atoms with Crippen LogP contribution in [0.25, 0.3) is 0 Å². The third kappa shape index (κ3) is 4.71. The number of amides is 1. The lowest BCUT2D eigenvalue weighted by Gasteiger charge is -2.16. The van der Waals surface area contributed by atoms with Gasteiger partial charge in [0.15, 0.2) is 0 Å². The van der Waals surface area contributed by atoms with E-state index in [4.69, 9.17) is 5.73 Å². The molecular formula is C14H22ClN3O. The van der Waals surface area contributed by atoms with E-state index in [1.54, 1.807) is 12.1 Å². The Labute approximate surface area is 120 Å². The first-order valence-electron chi connectivity index (χ1n) is 6.67. The largest absolute Gasteiger partial charge is 0.397 e. The molecule has 1 saturated carbocycles. The van der Waals surface area contributed by atoms with E-state index in [1.165, 1.54) is 25.5 Å². The highest BCUT2D eigenvalue weighted by atomic mass is 35.5. The Hall–Kier alpha value is -1.29. The number of nitrogens with zero attached hydrogens (tertiary/aromatic N) is 1. The zero-order valence-corrected chi connectivity index (χ0v) is 12.1. The van der Waals surface area contributed by atoms with Crippen molar-refractivity contribution in [1.82, 2.24) is 10.3 Å². The highest BCUT2D eigenvalue weighted by Gasteiger charge is 2.18. The minimum atomic E-state index is -0.0884. The Balaban J connectivity index is 0.00000180. The molecule has 0 saturated heterocycles. The van der Waals surface area contributed by atoms with Gasteiger partial charge in [0.2, 0.25) is 0 Å². The Morgan fingerprint density at radius 1 is 1.32 bits per heavy atom. The topological polar surface area (TPSA) is 68.0 Å². The number of nitrogen functional groups attached to an aromatic ring is 1. The maximum atomic E-state index is 12.0. The molecule has 1 amide bonds. The van der Waals surface area contributed by atoms with Crippen LogP contribution in [0.2, 0.25) is 0 Å². The van der Waals surface area contributed by atoms with E-state index in [2.05, 4.69) is 17.2 Å². The summed E-state index contributed by atoms with van der Waals surface area (Å²) in [5.74, 6) is 0.691. The van der Waals surface area contributed by atoms with Crippen molar-refractivity contribution in [1.29, 1.82) is 0 Å². The van der Waals surface area contributed by atoms with E-state index >= 15 is 0 Å². The average Bonchev–Trinajstić information content (AvgIpc) is 2.55. The van der Waals surface area contributed by atoms with Gasteiger partial charge in [-0.25, -0.2) is 4.98 Å². The maximum Gasteiger partial charge on any atom is 0.270 e. The van der Waals surface area contributed by atoms with Crippen LogP contribution in [0.4, 0.5) is 5.69 Å². The van der Waals surface area contributed by atoms with Crippen LogP contribution in [0.15, 0.2) is 18.3 Å². The Morgan fingerprint density at radius 3 is 2.79 bits per heavy atom. The molecule has 1 aromatic heterocycles. The number of pyridine rings is 1. The SMILES string of the molecule is CC1CCCC(NC(=O)c2ccc(N)cn2)CC1.Cl. The Bertz CT molecular complexity index is 408. The summed E-state index contributed by atoms with van der Waals surface area (Å²) in [5.41, 5.74) is 6.58. The number of nitrogens with one attached hydrogen (secondary N) is 1. The van der Waals surface area contributed by atoms with Crippen LogP contribution in [-0.4, -0.2) is 16.9 Å². The van der Waals surface area contributed by atoms with Crippen molar-refractivity contribution < 1.29 is 4.79 Å². The maximum absolute atomic E-state index is 12.0. The number of rotatable bonds is 2. The first-order valence-corrected chi connectivity index (χ1v) is 6.67. The molecule has 1 aliphatic rings. The van der Waals surface area contributed by atoms with Gasteiger partial charge >= 0.3 is 0 Å². The van der Waals surface area contributed by atoms with Crippen LogP contribution in [-0.2, 0) is 0 Å². The molecule has 1 heterocycles. The molecule has 0 radical (unpaired) electrons. The molecule has 2 unspecified atom stereocenters. The minimum absolute atomic E-state index is 0. The van der Waals surface area contributed by atoms with Crippen molar-refractivity contribution in [2.45, 2.75) is 45.1 Å². The van der Waals surface area contributed by atoms with Crippen LogP contribution in [0.1, 0.15) is 49.5 Å². The van der Waals surface area contributed by atoms with Gasteiger partial charge in [-0.05, 0) is 37.3 Å². The number of halogens is 1. The standard InChI is InChI=1S/C14H21N3O.ClH/c1-10-3-2-4-12(7-5-10)17-14(18)13-8-6-11(15)9-16-13;/h6,8-10,12H,2-5,7,15H2,1H3,(H,17,18);1H. The summed E-state index contributed by atoms with van der Waals surface area (Å²) in [7, 11) is 0. The van der Waals surface area contributed by atoms with Crippen LogP contribution >= 0.6 is 12.4 Å². The van der Waals surface area contributed by atoms with Gasteiger partial charge in [-0.3, -0.25) is 4.79 Å². The lowest BCUT2D eigenvalue weighted by molar-refractivity contribution is 0.0928. The van der Waals surface area contributed by atoms with Gasteiger partial charge < -0.3 is 11.1 Å². The van der Waals surface area contributed by atoms with E-state index < -0.39 is 0 Å². The fraction of sp³-hybridized carbons (Fsp3) is 0.571. The minimum Gasteiger partial charge on any atom is -0.397 e. The molecule has 19 heavy (non-hydrogen) atoms. The van der Waals surface area contributed by atoms with Gasteiger partial charge in [0.1, 0.15) is 5.69 Å². The smallest absolute Gasteiger partial charge is 0.270 e. The van der Waals surface area contributed by atoms with E-state index in [1.807, 2.05) is 0 Å². The third-order valence-electron chi connectivity index (χ3n) is 3.61. The van der Waals surface area contributed by atoms with Crippen molar-refractivity contribution in [3.05, 3.63) is 24.0 Å². The molecule has 5 heteroatoms. The third-order valence-corrected chi connectivity index (χ3v) is 3.61. The van der Waals surface area contributed by atoms with E-state index in [0.717, 1.165) is 18.8 Å². The molecule has 1 fully saturated rings. The molecule has 1 aromatic rings. The first-order chi connectivity index (χ1) is 8.65. The van der Waals surface area contributed by atoms with Crippen molar-refractivity contribution >= 4 is 24.0 Å². The van der Waals surface area contributed by atoms with Crippen LogP contribution in [0.3, 0.4) is 0 Å². The summed E-state index contributed by atoms with van der Waals surface area (Å²) in [6.07, 6.45) is 7.32. The van der Waals surface area contributed by atoms with Crippen molar-refractivity contribution in [3.63, 3.8) is 0 Å². The summed E-state index contributed by atoms with van der Waals surface area (Å²) in [5, 5.41) is 3.07. The van der Waals surface area contributed by atoms with Gasteiger partial charge in [0.05, 0.1) is 11.9 Å². The van der Waals surface area contributed by atoms with E-state index in [9.17, 15) is 4.79 Å². The van der Waals surface area contributed by atoms with Crippen LogP contribution in [0.5, 0.6) is 0 Å². The normalized spacial score (nSPS) is 23.0. The van der Waals surface area contributed by atoms with Crippen molar-refractivity contribution in [3.8, 4) is 0 Å². The molecule has 0 aromatic carbocycles. The molecule has 1 aliphatic carbocycles. The fourth-order valence-corrected chi connectivity index (χ4v) is 2.43. The highest BCUT2D eigenvalue weighted by Crippen LogP contribution is 2.22. The van der Waals surface area contributed by atoms with Crippen molar-refractivity contribution in [2.24, 2.45) is 5.92 Å². The van der Waals surface area contributed by atoms with Gasteiger partial charge in [0, 0.05) is 6.04 Å². The molecule has 2 rings (SSSR count). The molecule has 0 bridgehead atoms. The molecule has 3 N–H and O–H groups in total. The fourth-order valence-electron chi connectivity index (χ4n) is 2.43. The van der Waals surface area contributed by atoms with E-state index in [0.29, 0.717) is 17.4 Å². The number of carbonyl (C=O) groups excluding carboxylic acids is 1. The van der Waals surface area contributed by atoms with Gasteiger partial charge in [-0.2, -0.15) is 0 Å². The lowest BCUT2D eigenvalue weighted by atomic mass is 10.0. The number of anilines is 1. The number of hydrogen-bond acceptors (Lipinski definition) is 3. The second-order valence-corrected chi connectivity index (χ2v) is 5.26. The quantitative estimate of drug-likeness (QED) is 0.820. The van der Waals surface area contributed by atoms with Gasteiger partial charge in [0.25, 0.3) is 5.91 Å². The van der Waals surface area contributed by atoms with Gasteiger partial charge in [-0.1, -0.05) is 19.8 Å². The number of nitrogens with two attached hydrogens (primary N) is 1. The second kappa shape index (κ2) is 7.34. The second-order valence-electron chi connectivity index (χ2n) is 5.26. The molecule has 0 aliphatic heterocycles. The molecule has 106 valence electrons. The van der Waals surface area contributed by atoms with Gasteiger partial charge in [-0.15, -0.1) is 12.4 Å². The summed E-state index contributed by atoms with van der Waals surface area (Å²) >= 11 is 0. The summed E-state index contributed by atoms with van der Waals surface area (Å²) in [4.78, 5) is 16.0.